The molecule has 1 aromatic carbocycles. The van der Waals surface area contributed by atoms with Crippen molar-refractivity contribution in [3.05, 3.63) is 34.7 Å². The zero-order chi connectivity index (χ0) is 25.9. The van der Waals surface area contributed by atoms with Crippen LogP contribution in [0.15, 0.2) is 24.3 Å². The van der Waals surface area contributed by atoms with Crippen LogP contribution in [0.1, 0.15) is 56.8 Å². The second kappa shape index (κ2) is 10.6. The SMILES string of the molecule is CC(C)(C)C(=O)OCOP(OCOC(=O)C(C)(C)C)C(F)(F)c1ccc2sc(C(=O)O)cc2c1. The average Bonchev–Trinajstić information content (AvgIpc) is 3.14. The Morgan fingerprint density at radius 3 is 1.85 bits per heavy atom. The Morgan fingerprint density at radius 2 is 1.41 bits per heavy atom. The molecular formula is C22H27F2O8PS. The van der Waals surface area contributed by atoms with E-state index in [0.29, 0.717) is 10.1 Å². The molecule has 1 aromatic heterocycles. The van der Waals surface area contributed by atoms with Crippen molar-refractivity contribution in [1.29, 1.82) is 0 Å². The van der Waals surface area contributed by atoms with Crippen molar-refractivity contribution < 1.29 is 46.8 Å². The summed E-state index contributed by atoms with van der Waals surface area (Å²) in [6.07, 6.45) is 0. The van der Waals surface area contributed by atoms with Crippen molar-refractivity contribution in [3.63, 3.8) is 0 Å². The first-order valence-electron chi connectivity index (χ1n) is 10.1. The Kier molecular flexibility index (Phi) is 8.74. The zero-order valence-electron chi connectivity index (χ0n) is 19.6. The van der Waals surface area contributed by atoms with Crippen molar-refractivity contribution in [2.45, 2.75) is 47.2 Å². The highest BCUT2D eigenvalue weighted by Crippen LogP contribution is 2.60. The van der Waals surface area contributed by atoms with Crippen LogP contribution in [0.4, 0.5) is 8.78 Å². The van der Waals surface area contributed by atoms with Crippen LogP contribution >= 0.6 is 19.7 Å². The lowest BCUT2D eigenvalue weighted by Gasteiger charge is -2.27. The summed E-state index contributed by atoms with van der Waals surface area (Å²) in [4.78, 5) is 35.1. The van der Waals surface area contributed by atoms with Gasteiger partial charge in [-0.3, -0.25) is 18.6 Å². The van der Waals surface area contributed by atoms with E-state index in [1.807, 2.05) is 0 Å². The van der Waals surface area contributed by atoms with Crippen molar-refractivity contribution in [2.24, 2.45) is 10.8 Å². The first-order valence-corrected chi connectivity index (χ1v) is 12.1. The first-order chi connectivity index (χ1) is 15.5. The number of hydrogen-bond donors (Lipinski definition) is 1. The van der Waals surface area contributed by atoms with Crippen molar-refractivity contribution in [2.75, 3.05) is 13.6 Å². The summed E-state index contributed by atoms with van der Waals surface area (Å²) in [6.45, 7) is 7.97. The van der Waals surface area contributed by atoms with Crippen molar-refractivity contribution >= 4 is 47.7 Å². The number of esters is 2. The third kappa shape index (κ3) is 7.15. The van der Waals surface area contributed by atoms with Gasteiger partial charge in [0.15, 0.2) is 13.6 Å². The lowest BCUT2D eigenvalue weighted by atomic mass is 9.98. The minimum absolute atomic E-state index is 0.00779. The van der Waals surface area contributed by atoms with Crippen molar-refractivity contribution in [3.8, 4) is 0 Å². The minimum atomic E-state index is -3.71. The molecule has 2 rings (SSSR count). The quantitative estimate of drug-likeness (QED) is 0.241. The molecule has 34 heavy (non-hydrogen) atoms. The van der Waals surface area contributed by atoms with Gasteiger partial charge in [-0.25, -0.2) is 4.79 Å². The Balaban J connectivity index is 2.25. The molecule has 0 aliphatic rings. The fourth-order valence-corrected chi connectivity index (χ4v) is 4.26. The highest BCUT2D eigenvalue weighted by Gasteiger charge is 2.46. The van der Waals surface area contributed by atoms with Crippen LogP contribution in [0.25, 0.3) is 10.1 Å². The Morgan fingerprint density at radius 1 is 0.912 bits per heavy atom. The fraction of sp³-hybridized carbons (Fsp3) is 0.500. The molecule has 0 radical (unpaired) electrons. The van der Waals surface area contributed by atoms with Gasteiger partial charge in [-0.05, 0) is 65.1 Å². The molecule has 0 fully saturated rings. The fourth-order valence-electron chi connectivity index (χ4n) is 2.33. The number of alkyl halides is 2. The lowest BCUT2D eigenvalue weighted by molar-refractivity contribution is -0.162. The molecular weight excluding hydrogens is 493 g/mol. The Bertz CT molecular complexity index is 1020. The summed E-state index contributed by atoms with van der Waals surface area (Å²) in [5.41, 5.74) is -5.95. The number of carboxylic acid groups (broad SMARTS) is 1. The molecule has 8 nitrogen and oxygen atoms in total. The maximum atomic E-state index is 15.4. The van der Waals surface area contributed by atoms with Gasteiger partial charge < -0.3 is 14.6 Å². The number of ether oxygens (including phenoxy) is 2. The standard InChI is InChI=1S/C22H27F2O8PS/c1-20(2,3)18(27)29-11-31-33(32-12-30-19(28)21(4,5)6)22(23,24)14-7-8-15-13(9-14)10-16(34-15)17(25)26/h7-10H,11-12H2,1-6H3,(H,25,26). The van der Waals surface area contributed by atoms with Gasteiger partial charge in [-0.2, -0.15) is 8.78 Å². The van der Waals surface area contributed by atoms with Crippen LogP contribution in [-0.4, -0.2) is 36.6 Å². The van der Waals surface area contributed by atoms with Crippen LogP contribution in [0.5, 0.6) is 0 Å². The first kappa shape index (κ1) is 28.0. The predicted octanol–water partition coefficient (Wildman–Crippen LogP) is 6.09. The smallest absolute Gasteiger partial charge is 0.345 e. The summed E-state index contributed by atoms with van der Waals surface area (Å²) >= 11 is 0.955. The van der Waals surface area contributed by atoms with Gasteiger partial charge in [0.1, 0.15) is 4.88 Å². The van der Waals surface area contributed by atoms with Crippen LogP contribution in [0.3, 0.4) is 0 Å². The van der Waals surface area contributed by atoms with E-state index in [1.165, 1.54) is 12.1 Å². The van der Waals surface area contributed by atoms with Gasteiger partial charge in [0.25, 0.3) is 8.38 Å². The second-order valence-corrected chi connectivity index (χ2v) is 12.0. The maximum Gasteiger partial charge on any atom is 0.345 e. The third-order valence-electron chi connectivity index (χ3n) is 4.25. The summed E-state index contributed by atoms with van der Waals surface area (Å²) < 4.78 is 51.4. The monoisotopic (exact) mass is 520 g/mol. The van der Waals surface area contributed by atoms with Gasteiger partial charge >= 0.3 is 23.6 Å². The van der Waals surface area contributed by atoms with E-state index in [1.54, 1.807) is 41.5 Å². The van der Waals surface area contributed by atoms with Gasteiger partial charge in [0.2, 0.25) is 0 Å². The van der Waals surface area contributed by atoms with Crippen LogP contribution in [0.2, 0.25) is 0 Å². The Labute approximate surface area is 201 Å². The minimum Gasteiger partial charge on any atom is -0.477 e. The van der Waals surface area contributed by atoms with E-state index in [9.17, 15) is 14.4 Å². The number of benzene rings is 1. The zero-order valence-corrected chi connectivity index (χ0v) is 21.4. The number of carbonyl (C=O) groups is 3. The van der Waals surface area contributed by atoms with Gasteiger partial charge in [-0.15, -0.1) is 11.3 Å². The maximum absolute atomic E-state index is 15.4. The van der Waals surface area contributed by atoms with E-state index < -0.39 is 61.9 Å². The van der Waals surface area contributed by atoms with Crippen LogP contribution < -0.4 is 0 Å². The lowest BCUT2D eigenvalue weighted by Crippen LogP contribution is -2.25. The van der Waals surface area contributed by atoms with Crippen molar-refractivity contribution in [1.82, 2.24) is 0 Å². The number of aromatic carboxylic acids is 1. The van der Waals surface area contributed by atoms with Crippen LogP contribution in [-0.2, 0) is 33.8 Å². The summed E-state index contributed by atoms with van der Waals surface area (Å²) in [7, 11) is -3.07. The van der Waals surface area contributed by atoms with Gasteiger partial charge in [-0.1, -0.05) is 6.07 Å². The van der Waals surface area contributed by atoms with E-state index in [0.717, 1.165) is 23.5 Å². The molecule has 2 aromatic rings. The average molecular weight is 520 g/mol. The van der Waals surface area contributed by atoms with Gasteiger partial charge in [0, 0.05) is 10.3 Å². The highest BCUT2D eigenvalue weighted by atomic mass is 32.1. The molecule has 0 aliphatic carbocycles. The van der Waals surface area contributed by atoms with Crippen LogP contribution in [0, 0.1) is 10.8 Å². The predicted molar refractivity (Wildman–Crippen MR) is 123 cm³/mol. The molecule has 0 unspecified atom stereocenters. The molecule has 12 heteroatoms. The molecule has 1 N–H and O–H groups in total. The van der Waals surface area contributed by atoms with Gasteiger partial charge in [0.05, 0.1) is 10.8 Å². The number of carboxylic acids is 1. The van der Waals surface area contributed by atoms with E-state index in [-0.39, 0.29) is 4.88 Å². The Hall–Kier alpha value is -2.20. The summed E-state index contributed by atoms with van der Waals surface area (Å²) in [5, 5.41) is 9.46. The number of halogens is 2. The highest BCUT2D eigenvalue weighted by molar-refractivity contribution is 7.48. The number of rotatable bonds is 9. The molecule has 0 saturated carbocycles. The molecule has 0 spiro atoms. The molecule has 0 aliphatic heterocycles. The summed E-state index contributed by atoms with van der Waals surface area (Å²) in [5.74, 6) is -2.48. The molecule has 0 amide bonds. The number of fused-ring (bicyclic) bond motifs is 1. The molecule has 1 heterocycles. The second-order valence-electron chi connectivity index (χ2n) is 9.32. The third-order valence-corrected chi connectivity index (χ3v) is 6.75. The number of thiophene rings is 1. The molecule has 0 bridgehead atoms. The summed E-state index contributed by atoms with van der Waals surface area (Å²) in [6, 6.07) is 4.95. The molecule has 0 saturated heterocycles. The molecule has 0 atom stereocenters. The number of hydrogen-bond acceptors (Lipinski definition) is 8. The molecule has 188 valence electrons. The van der Waals surface area contributed by atoms with E-state index in [2.05, 4.69) is 0 Å². The normalized spacial score (nSPS) is 12.7. The number of carbonyl (C=O) groups excluding carboxylic acids is 2. The van der Waals surface area contributed by atoms with E-state index in [4.69, 9.17) is 23.6 Å². The largest absolute Gasteiger partial charge is 0.477 e. The topological polar surface area (TPSA) is 108 Å². The van der Waals surface area contributed by atoms with E-state index >= 15 is 8.78 Å².